The second kappa shape index (κ2) is 7.42. The van der Waals surface area contributed by atoms with Crippen molar-refractivity contribution in [2.75, 3.05) is 44.1 Å². The lowest BCUT2D eigenvalue weighted by molar-refractivity contribution is 0.0330. The molecule has 0 atom stereocenters. The minimum absolute atomic E-state index is 0.0410. The van der Waals surface area contributed by atoms with Crippen molar-refractivity contribution in [3.8, 4) is 0 Å². The summed E-state index contributed by atoms with van der Waals surface area (Å²) in [5.41, 5.74) is 0.239. The summed E-state index contributed by atoms with van der Waals surface area (Å²) >= 11 is 0. The molecule has 0 spiro atoms. The normalized spacial score (nSPS) is 16.9. The van der Waals surface area contributed by atoms with E-state index in [2.05, 4.69) is 15.6 Å². The molecule has 1 saturated heterocycles. The van der Waals surface area contributed by atoms with E-state index >= 15 is 0 Å². The van der Waals surface area contributed by atoms with Crippen molar-refractivity contribution in [3.05, 3.63) is 18.3 Å². The Morgan fingerprint density at radius 2 is 2.14 bits per heavy atom. The second-order valence-electron chi connectivity index (χ2n) is 5.74. The maximum atomic E-state index is 12.2. The Morgan fingerprint density at radius 3 is 2.68 bits per heavy atom. The van der Waals surface area contributed by atoms with Crippen molar-refractivity contribution in [3.63, 3.8) is 0 Å². The van der Waals surface area contributed by atoms with Gasteiger partial charge in [-0.3, -0.25) is 0 Å². The number of nitrogens with one attached hydrogen (secondary N) is 2. The van der Waals surface area contributed by atoms with Crippen LogP contribution in [-0.4, -0.2) is 55.6 Å². The molecule has 1 aliphatic heterocycles. The Kier molecular flexibility index (Phi) is 5.57. The molecule has 0 aromatic carbocycles. The third-order valence-electron chi connectivity index (χ3n) is 3.88. The Balaban J connectivity index is 1.95. The Labute approximate surface area is 130 Å². The van der Waals surface area contributed by atoms with E-state index < -0.39 is 5.54 Å². The molecule has 0 unspecified atom stereocenters. The summed E-state index contributed by atoms with van der Waals surface area (Å²) in [5, 5.41) is 15.0. The molecule has 0 aliphatic carbocycles. The second-order valence-corrected chi connectivity index (χ2v) is 5.74. The van der Waals surface area contributed by atoms with E-state index in [-0.39, 0.29) is 12.6 Å². The number of aliphatic hydroxyl groups excluding tert-OH is 1. The molecule has 0 saturated carbocycles. The highest BCUT2D eigenvalue weighted by Gasteiger charge is 2.33. The summed E-state index contributed by atoms with van der Waals surface area (Å²) in [5.74, 6) is 0.826. The molecule has 2 rings (SSSR count). The van der Waals surface area contributed by atoms with Gasteiger partial charge in [-0.25, -0.2) is 9.78 Å². The number of ether oxygens (including phenoxy) is 1. The number of carbonyl (C=O) groups is 1. The fourth-order valence-electron chi connectivity index (χ4n) is 2.54. The van der Waals surface area contributed by atoms with E-state index in [0.29, 0.717) is 38.2 Å². The highest BCUT2D eigenvalue weighted by atomic mass is 16.5. The first-order chi connectivity index (χ1) is 10.5. The summed E-state index contributed by atoms with van der Waals surface area (Å²) in [4.78, 5) is 18.3. The number of nitrogens with zero attached hydrogens (tertiary/aromatic N) is 2. The van der Waals surface area contributed by atoms with Gasteiger partial charge in [0.05, 0.1) is 11.9 Å². The van der Waals surface area contributed by atoms with Crippen LogP contribution in [0, 0.1) is 0 Å². The molecular formula is C15H24N4O3. The minimum Gasteiger partial charge on any atom is -0.396 e. The van der Waals surface area contributed by atoms with Gasteiger partial charge in [0.1, 0.15) is 5.82 Å². The third-order valence-corrected chi connectivity index (χ3v) is 3.88. The highest BCUT2D eigenvalue weighted by molar-refractivity contribution is 5.89. The molecule has 1 aromatic rings. The van der Waals surface area contributed by atoms with Crippen molar-refractivity contribution < 1.29 is 14.6 Å². The van der Waals surface area contributed by atoms with Crippen LogP contribution in [0.25, 0.3) is 0 Å². The van der Waals surface area contributed by atoms with Gasteiger partial charge in [0.15, 0.2) is 0 Å². The van der Waals surface area contributed by atoms with E-state index in [9.17, 15) is 9.90 Å². The van der Waals surface area contributed by atoms with Gasteiger partial charge in [-0.1, -0.05) is 0 Å². The zero-order valence-electron chi connectivity index (χ0n) is 13.1. The molecule has 2 heterocycles. The molecule has 7 nitrogen and oxygen atoms in total. The molecule has 2 amide bonds. The van der Waals surface area contributed by atoms with Crippen LogP contribution in [0.5, 0.6) is 0 Å². The number of carbonyl (C=O) groups excluding carboxylic acids is 1. The van der Waals surface area contributed by atoms with Gasteiger partial charge in [-0.15, -0.1) is 0 Å². The van der Waals surface area contributed by atoms with E-state index in [0.717, 1.165) is 5.82 Å². The largest absolute Gasteiger partial charge is 0.396 e. The predicted octanol–water partition coefficient (Wildman–Crippen LogP) is 1.20. The maximum absolute atomic E-state index is 12.2. The number of pyridine rings is 1. The van der Waals surface area contributed by atoms with Gasteiger partial charge in [-0.2, -0.15) is 0 Å². The van der Waals surface area contributed by atoms with Crippen LogP contribution in [0.15, 0.2) is 18.3 Å². The first-order valence-corrected chi connectivity index (χ1v) is 7.46. The Bertz CT molecular complexity index is 479. The van der Waals surface area contributed by atoms with Gasteiger partial charge in [0.25, 0.3) is 0 Å². The molecule has 22 heavy (non-hydrogen) atoms. The Hall–Kier alpha value is -1.86. The van der Waals surface area contributed by atoms with Crippen LogP contribution >= 0.6 is 0 Å². The standard InChI is InChI=1S/C15H24N4O3/c1-19(2)13-4-3-12(11-16-13)17-14(21)18-15(5-8-20)6-9-22-10-7-15/h3-4,11,20H,5-10H2,1-2H3,(H2,17,18,21). The molecule has 3 N–H and O–H groups in total. The monoisotopic (exact) mass is 308 g/mol. The topological polar surface area (TPSA) is 86.7 Å². The summed E-state index contributed by atoms with van der Waals surface area (Å²) in [7, 11) is 3.82. The van der Waals surface area contributed by atoms with Gasteiger partial charge in [0, 0.05) is 39.5 Å². The molecular weight excluding hydrogens is 284 g/mol. The van der Waals surface area contributed by atoms with E-state index in [1.54, 1.807) is 6.20 Å². The van der Waals surface area contributed by atoms with Crippen LogP contribution < -0.4 is 15.5 Å². The lowest BCUT2D eigenvalue weighted by atomic mass is 9.87. The molecule has 7 heteroatoms. The lowest BCUT2D eigenvalue weighted by Gasteiger charge is -2.37. The highest BCUT2D eigenvalue weighted by Crippen LogP contribution is 2.24. The van der Waals surface area contributed by atoms with Crippen LogP contribution in [0.1, 0.15) is 19.3 Å². The van der Waals surface area contributed by atoms with Crippen molar-refractivity contribution in [1.82, 2.24) is 10.3 Å². The molecule has 1 aliphatic rings. The summed E-state index contributed by atoms with van der Waals surface area (Å²) in [6.45, 7) is 1.23. The first-order valence-electron chi connectivity index (χ1n) is 7.46. The van der Waals surface area contributed by atoms with Crippen LogP contribution in [0.2, 0.25) is 0 Å². The number of anilines is 2. The van der Waals surface area contributed by atoms with E-state index in [1.165, 1.54) is 0 Å². The van der Waals surface area contributed by atoms with E-state index in [1.807, 2.05) is 31.1 Å². The number of aliphatic hydroxyl groups is 1. The van der Waals surface area contributed by atoms with Crippen LogP contribution in [0.4, 0.5) is 16.3 Å². The zero-order chi connectivity index (χ0) is 16.0. The minimum atomic E-state index is -0.395. The fourth-order valence-corrected chi connectivity index (χ4v) is 2.54. The number of hydrogen-bond donors (Lipinski definition) is 3. The molecule has 1 fully saturated rings. The van der Waals surface area contributed by atoms with Gasteiger partial charge in [0.2, 0.25) is 0 Å². The van der Waals surface area contributed by atoms with E-state index in [4.69, 9.17) is 4.74 Å². The lowest BCUT2D eigenvalue weighted by Crippen LogP contribution is -2.53. The van der Waals surface area contributed by atoms with Crippen molar-refractivity contribution in [2.24, 2.45) is 0 Å². The number of aromatic nitrogens is 1. The molecule has 1 aromatic heterocycles. The summed E-state index contributed by atoms with van der Waals surface area (Å²) < 4.78 is 5.34. The first kappa shape index (κ1) is 16.5. The van der Waals surface area contributed by atoms with Gasteiger partial charge >= 0.3 is 6.03 Å². The quantitative estimate of drug-likeness (QED) is 0.761. The molecule has 0 bridgehead atoms. The number of amides is 2. The maximum Gasteiger partial charge on any atom is 0.319 e. The zero-order valence-corrected chi connectivity index (χ0v) is 13.1. The number of urea groups is 1. The van der Waals surface area contributed by atoms with Crippen molar-refractivity contribution >= 4 is 17.5 Å². The van der Waals surface area contributed by atoms with Crippen LogP contribution in [0.3, 0.4) is 0 Å². The summed E-state index contributed by atoms with van der Waals surface area (Å²) in [6, 6.07) is 3.37. The fraction of sp³-hybridized carbons (Fsp3) is 0.600. The van der Waals surface area contributed by atoms with Crippen molar-refractivity contribution in [1.29, 1.82) is 0 Å². The smallest absolute Gasteiger partial charge is 0.319 e. The molecule has 0 radical (unpaired) electrons. The predicted molar refractivity (Wildman–Crippen MR) is 85.2 cm³/mol. The third kappa shape index (κ3) is 4.32. The summed E-state index contributed by atoms with van der Waals surface area (Å²) in [6.07, 6.45) is 3.57. The number of rotatable bonds is 5. The van der Waals surface area contributed by atoms with Crippen LogP contribution in [-0.2, 0) is 4.74 Å². The van der Waals surface area contributed by atoms with Gasteiger partial charge in [-0.05, 0) is 31.4 Å². The van der Waals surface area contributed by atoms with Gasteiger partial charge < -0.3 is 25.4 Å². The Morgan fingerprint density at radius 1 is 1.41 bits per heavy atom. The number of hydrogen-bond acceptors (Lipinski definition) is 5. The average Bonchev–Trinajstić information content (AvgIpc) is 2.48. The average molecular weight is 308 g/mol. The van der Waals surface area contributed by atoms with Crippen molar-refractivity contribution in [2.45, 2.75) is 24.8 Å². The molecule has 122 valence electrons. The SMILES string of the molecule is CN(C)c1ccc(NC(=O)NC2(CCO)CCOCC2)cn1.